The molecule has 0 amide bonds. The predicted molar refractivity (Wildman–Crippen MR) is 111 cm³/mol. The van der Waals surface area contributed by atoms with E-state index in [1.807, 2.05) is 37.3 Å². The third-order valence-electron chi connectivity index (χ3n) is 4.29. The summed E-state index contributed by atoms with van der Waals surface area (Å²) in [5, 5.41) is 14.9. The largest absolute Gasteiger partial charge is 0.497 e. The van der Waals surface area contributed by atoms with Crippen molar-refractivity contribution in [2.45, 2.75) is 6.92 Å². The minimum absolute atomic E-state index is 0.0675. The average Bonchev–Trinajstić information content (AvgIpc) is 2.75. The lowest BCUT2D eigenvalue weighted by molar-refractivity contribution is -0.383. The third kappa shape index (κ3) is 4.18. The molecule has 0 unspecified atom stereocenters. The van der Waals surface area contributed by atoms with Crippen LogP contribution in [0, 0.1) is 10.1 Å². The van der Waals surface area contributed by atoms with E-state index < -0.39 is 4.92 Å². The summed E-state index contributed by atoms with van der Waals surface area (Å²) >= 11 is 0. The number of ether oxygens (including phenoxy) is 2. The second-order valence-electron chi connectivity index (χ2n) is 5.92. The van der Waals surface area contributed by atoms with Crippen molar-refractivity contribution in [2.75, 3.05) is 31.0 Å². The number of nitro groups is 1. The molecule has 0 aliphatic rings. The van der Waals surface area contributed by atoms with Crippen molar-refractivity contribution in [2.24, 2.45) is 0 Å². The lowest BCUT2D eigenvalue weighted by Crippen LogP contribution is -2.19. The molecule has 0 aliphatic heterocycles. The Kier molecular flexibility index (Phi) is 6.08. The Bertz CT molecular complexity index is 997. The summed E-state index contributed by atoms with van der Waals surface area (Å²) in [5.41, 5.74) is 1.09. The van der Waals surface area contributed by atoms with Gasteiger partial charge in [-0.1, -0.05) is 18.2 Å². The van der Waals surface area contributed by atoms with E-state index in [-0.39, 0.29) is 17.3 Å². The van der Waals surface area contributed by atoms with Crippen molar-refractivity contribution in [3.63, 3.8) is 0 Å². The molecule has 0 radical (unpaired) electrons. The number of para-hydroxylation sites is 1. The van der Waals surface area contributed by atoms with Crippen molar-refractivity contribution < 1.29 is 14.4 Å². The molecule has 0 bridgehead atoms. The van der Waals surface area contributed by atoms with Crippen molar-refractivity contribution in [1.29, 1.82) is 0 Å². The van der Waals surface area contributed by atoms with Crippen LogP contribution in [0.1, 0.15) is 6.92 Å². The van der Waals surface area contributed by atoms with Gasteiger partial charge in [0.05, 0.1) is 24.8 Å². The second kappa shape index (κ2) is 8.87. The fourth-order valence-corrected chi connectivity index (χ4v) is 2.92. The first-order valence-corrected chi connectivity index (χ1v) is 8.90. The molecule has 3 rings (SSSR count). The van der Waals surface area contributed by atoms with E-state index in [9.17, 15) is 10.1 Å². The van der Waals surface area contributed by atoms with E-state index in [4.69, 9.17) is 9.47 Å². The summed E-state index contributed by atoms with van der Waals surface area (Å²) in [6.07, 6.45) is 1.30. The van der Waals surface area contributed by atoms with Gasteiger partial charge in [-0.15, -0.1) is 0 Å². The molecule has 29 heavy (non-hydrogen) atoms. The Hall–Kier alpha value is -3.88. The molecular formula is C20H21N5O4. The number of nitrogens with zero attached hydrogens (tertiary/aromatic N) is 4. The number of hydrogen-bond donors (Lipinski definition) is 1. The highest BCUT2D eigenvalue weighted by molar-refractivity contribution is 5.79. The third-order valence-corrected chi connectivity index (χ3v) is 4.29. The molecule has 0 atom stereocenters. The van der Waals surface area contributed by atoms with Gasteiger partial charge in [0.25, 0.3) is 0 Å². The monoisotopic (exact) mass is 395 g/mol. The van der Waals surface area contributed by atoms with Gasteiger partial charge in [0.2, 0.25) is 11.6 Å². The quantitative estimate of drug-likeness (QED) is 0.445. The van der Waals surface area contributed by atoms with Crippen LogP contribution in [0.25, 0.3) is 0 Å². The van der Waals surface area contributed by atoms with E-state index in [1.165, 1.54) is 13.4 Å². The van der Waals surface area contributed by atoms with E-state index >= 15 is 0 Å². The lowest BCUT2D eigenvalue weighted by Gasteiger charge is -2.22. The van der Waals surface area contributed by atoms with Crippen molar-refractivity contribution in [3.05, 3.63) is 65.0 Å². The Morgan fingerprint density at radius 2 is 1.86 bits per heavy atom. The molecule has 9 nitrogen and oxygen atoms in total. The van der Waals surface area contributed by atoms with Crippen LogP contribution in [-0.2, 0) is 0 Å². The minimum Gasteiger partial charge on any atom is -0.497 e. The van der Waals surface area contributed by atoms with Gasteiger partial charge in [-0.2, -0.15) is 0 Å². The van der Waals surface area contributed by atoms with Gasteiger partial charge < -0.3 is 19.7 Å². The number of hydrogen-bond acceptors (Lipinski definition) is 8. The van der Waals surface area contributed by atoms with Crippen LogP contribution in [-0.4, -0.2) is 35.7 Å². The highest BCUT2D eigenvalue weighted by Gasteiger charge is 2.28. The number of rotatable bonds is 8. The van der Waals surface area contributed by atoms with E-state index in [1.54, 1.807) is 30.2 Å². The summed E-state index contributed by atoms with van der Waals surface area (Å²) in [7, 11) is 3.06. The lowest BCUT2D eigenvalue weighted by atomic mass is 10.2. The Balaban J connectivity index is 2.07. The standard InChI is InChI=1S/C20H21N5O4/c1-4-24(14-8-6-5-7-9-14)20-18(25(26)27)19(21-13-22-20)23-16-11-10-15(28-2)12-17(16)29-3/h5-13H,4H2,1-3H3,(H,21,22,23). The zero-order valence-corrected chi connectivity index (χ0v) is 16.3. The topological polar surface area (TPSA) is 103 Å². The summed E-state index contributed by atoms with van der Waals surface area (Å²) in [4.78, 5) is 21.5. The van der Waals surface area contributed by atoms with Gasteiger partial charge in [-0.05, 0) is 31.2 Å². The maximum absolute atomic E-state index is 11.9. The molecular weight excluding hydrogens is 374 g/mol. The predicted octanol–water partition coefficient (Wildman–Crippen LogP) is 4.30. The van der Waals surface area contributed by atoms with Gasteiger partial charge >= 0.3 is 5.69 Å². The highest BCUT2D eigenvalue weighted by Crippen LogP contribution is 2.39. The normalized spacial score (nSPS) is 10.3. The Morgan fingerprint density at radius 1 is 1.10 bits per heavy atom. The van der Waals surface area contributed by atoms with Crippen LogP contribution in [0.15, 0.2) is 54.9 Å². The molecule has 1 N–H and O–H groups in total. The second-order valence-corrected chi connectivity index (χ2v) is 5.92. The van der Waals surface area contributed by atoms with Gasteiger partial charge in [-0.25, -0.2) is 9.97 Å². The number of benzene rings is 2. The Morgan fingerprint density at radius 3 is 2.48 bits per heavy atom. The van der Waals surface area contributed by atoms with E-state index in [2.05, 4.69) is 15.3 Å². The van der Waals surface area contributed by atoms with Gasteiger partial charge in [-0.3, -0.25) is 10.1 Å². The summed E-state index contributed by atoms with van der Waals surface area (Å²) in [5.74, 6) is 1.34. The molecule has 0 aliphatic carbocycles. The zero-order valence-electron chi connectivity index (χ0n) is 16.3. The first-order chi connectivity index (χ1) is 14.1. The molecule has 0 saturated carbocycles. The van der Waals surface area contributed by atoms with Gasteiger partial charge in [0, 0.05) is 18.3 Å². The molecule has 1 heterocycles. The fourth-order valence-electron chi connectivity index (χ4n) is 2.92. The average molecular weight is 395 g/mol. The van der Waals surface area contributed by atoms with E-state index in [0.717, 1.165) is 5.69 Å². The SMILES string of the molecule is CCN(c1ccccc1)c1ncnc(Nc2ccc(OC)cc2OC)c1[N+](=O)[O-]. The molecule has 9 heteroatoms. The van der Waals surface area contributed by atoms with Crippen LogP contribution < -0.4 is 19.7 Å². The maximum Gasteiger partial charge on any atom is 0.354 e. The van der Waals surface area contributed by atoms with Crippen LogP contribution >= 0.6 is 0 Å². The molecule has 0 fully saturated rings. The van der Waals surface area contributed by atoms with Crippen LogP contribution in [0.2, 0.25) is 0 Å². The molecule has 1 aromatic heterocycles. The zero-order chi connectivity index (χ0) is 20.8. The number of anilines is 4. The van der Waals surface area contributed by atoms with Crippen LogP contribution in [0.5, 0.6) is 11.5 Å². The first kappa shape index (κ1) is 19.9. The van der Waals surface area contributed by atoms with Gasteiger partial charge in [0.15, 0.2) is 0 Å². The fraction of sp³-hybridized carbons (Fsp3) is 0.200. The Labute approximate surface area is 168 Å². The first-order valence-electron chi connectivity index (χ1n) is 8.90. The number of methoxy groups -OCH3 is 2. The minimum atomic E-state index is -0.487. The summed E-state index contributed by atoms with van der Waals surface area (Å²) in [6, 6.07) is 14.5. The number of nitrogens with one attached hydrogen (secondary N) is 1. The van der Waals surface area contributed by atoms with Gasteiger partial charge in [0.1, 0.15) is 17.8 Å². The molecule has 150 valence electrons. The van der Waals surface area contributed by atoms with Crippen molar-refractivity contribution in [3.8, 4) is 11.5 Å². The molecule has 0 spiro atoms. The van der Waals surface area contributed by atoms with Crippen molar-refractivity contribution >= 4 is 28.7 Å². The van der Waals surface area contributed by atoms with Crippen molar-refractivity contribution in [1.82, 2.24) is 9.97 Å². The molecule has 3 aromatic rings. The van der Waals surface area contributed by atoms with Crippen LogP contribution in [0.3, 0.4) is 0 Å². The maximum atomic E-state index is 11.9. The smallest absolute Gasteiger partial charge is 0.354 e. The number of aromatic nitrogens is 2. The summed E-state index contributed by atoms with van der Waals surface area (Å²) < 4.78 is 10.6. The molecule has 2 aromatic carbocycles. The van der Waals surface area contributed by atoms with E-state index in [0.29, 0.717) is 23.7 Å². The van der Waals surface area contributed by atoms with Crippen LogP contribution in [0.4, 0.5) is 28.7 Å². The summed E-state index contributed by atoms with van der Waals surface area (Å²) in [6.45, 7) is 2.39. The molecule has 0 saturated heterocycles. The highest BCUT2D eigenvalue weighted by atomic mass is 16.6.